The average molecular weight is 482 g/mol. The molecule has 184 valence electrons. The van der Waals surface area contributed by atoms with Crippen LogP contribution in [0, 0.1) is 5.92 Å². The van der Waals surface area contributed by atoms with Crippen LogP contribution in [0.3, 0.4) is 0 Å². The lowest BCUT2D eigenvalue weighted by Gasteiger charge is -2.31. The monoisotopic (exact) mass is 481 g/mol. The van der Waals surface area contributed by atoms with E-state index in [-0.39, 0.29) is 28.7 Å². The molecule has 0 aliphatic carbocycles. The number of piperidine rings is 1. The number of hydrogen-bond donors (Lipinski definition) is 2. The lowest BCUT2D eigenvalue weighted by atomic mass is 9.95. The molecule has 0 atom stereocenters. The largest absolute Gasteiger partial charge is 0.486 e. The third-order valence-corrected chi connectivity index (χ3v) is 7.29. The van der Waals surface area contributed by atoms with E-state index in [2.05, 4.69) is 10.0 Å². The summed E-state index contributed by atoms with van der Waals surface area (Å²) in [6.45, 7) is 6.28. The van der Waals surface area contributed by atoms with Gasteiger partial charge in [0.15, 0.2) is 11.5 Å². The molecule has 10 heteroatoms. The standard InChI is InChI=1S/C23H35N3O6S/c1-17(2)25-23(28)18-9-12-26(13-10-18)22(27)6-4-3-5-11-24-33(29,30)19-7-8-20-21(16-19)32-15-14-31-20/h7-8,16-18,24H,3-6,9-15H2,1-2H3,(H,25,28). The van der Waals surface area contributed by atoms with Gasteiger partial charge in [-0.2, -0.15) is 0 Å². The number of amides is 2. The molecular weight excluding hydrogens is 446 g/mol. The third-order valence-electron chi connectivity index (χ3n) is 5.83. The van der Waals surface area contributed by atoms with E-state index in [1.165, 1.54) is 12.1 Å². The summed E-state index contributed by atoms with van der Waals surface area (Å²) in [7, 11) is -3.63. The number of nitrogens with zero attached hydrogens (tertiary/aromatic N) is 1. The minimum atomic E-state index is -3.63. The molecule has 2 aliphatic heterocycles. The third kappa shape index (κ3) is 7.33. The molecule has 0 saturated carbocycles. The van der Waals surface area contributed by atoms with Crippen LogP contribution >= 0.6 is 0 Å². The normalized spacial score (nSPS) is 16.6. The fourth-order valence-electron chi connectivity index (χ4n) is 4.01. The Morgan fingerprint density at radius 3 is 2.45 bits per heavy atom. The first-order chi connectivity index (χ1) is 15.8. The van der Waals surface area contributed by atoms with Gasteiger partial charge in [-0.3, -0.25) is 9.59 Å². The molecule has 0 unspecified atom stereocenters. The van der Waals surface area contributed by atoms with Crippen molar-refractivity contribution >= 4 is 21.8 Å². The van der Waals surface area contributed by atoms with Gasteiger partial charge in [-0.15, -0.1) is 0 Å². The molecule has 0 spiro atoms. The number of rotatable bonds is 10. The van der Waals surface area contributed by atoms with E-state index < -0.39 is 10.0 Å². The van der Waals surface area contributed by atoms with Gasteiger partial charge in [-0.1, -0.05) is 6.42 Å². The first kappa shape index (κ1) is 25.3. The molecule has 1 saturated heterocycles. The fraction of sp³-hybridized carbons (Fsp3) is 0.652. The van der Waals surface area contributed by atoms with Crippen LogP contribution in [0.25, 0.3) is 0 Å². The Bertz CT molecular complexity index is 926. The van der Waals surface area contributed by atoms with Crippen molar-refractivity contribution in [2.24, 2.45) is 5.92 Å². The van der Waals surface area contributed by atoms with Crippen LogP contribution in [0.5, 0.6) is 11.5 Å². The van der Waals surface area contributed by atoms with Gasteiger partial charge in [0, 0.05) is 44.1 Å². The Labute approximate surface area is 196 Å². The smallest absolute Gasteiger partial charge is 0.240 e. The average Bonchev–Trinajstić information content (AvgIpc) is 2.80. The molecule has 1 aromatic rings. The van der Waals surface area contributed by atoms with Crippen LogP contribution in [-0.2, 0) is 19.6 Å². The van der Waals surface area contributed by atoms with Gasteiger partial charge in [0.2, 0.25) is 21.8 Å². The maximum Gasteiger partial charge on any atom is 0.240 e. The molecule has 33 heavy (non-hydrogen) atoms. The van der Waals surface area contributed by atoms with Crippen LogP contribution in [0.1, 0.15) is 52.4 Å². The molecule has 1 fully saturated rings. The highest BCUT2D eigenvalue weighted by Gasteiger charge is 2.27. The van der Waals surface area contributed by atoms with Gasteiger partial charge in [0.1, 0.15) is 13.2 Å². The second-order valence-corrected chi connectivity index (χ2v) is 10.6. The van der Waals surface area contributed by atoms with Gasteiger partial charge >= 0.3 is 0 Å². The van der Waals surface area contributed by atoms with Gasteiger partial charge in [0.05, 0.1) is 4.90 Å². The molecule has 2 N–H and O–H groups in total. The second-order valence-electron chi connectivity index (χ2n) is 8.83. The van der Waals surface area contributed by atoms with Crippen molar-refractivity contribution in [2.75, 3.05) is 32.8 Å². The minimum Gasteiger partial charge on any atom is -0.486 e. The van der Waals surface area contributed by atoms with Crippen molar-refractivity contribution in [1.29, 1.82) is 0 Å². The van der Waals surface area contributed by atoms with Crippen molar-refractivity contribution in [3.8, 4) is 11.5 Å². The number of carbonyl (C=O) groups is 2. The predicted octanol–water partition coefficient (Wildman–Crippen LogP) is 2.06. The van der Waals surface area contributed by atoms with Crippen molar-refractivity contribution in [2.45, 2.75) is 63.3 Å². The van der Waals surface area contributed by atoms with E-state index in [1.807, 2.05) is 18.7 Å². The highest BCUT2D eigenvalue weighted by molar-refractivity contribution is 7.89. The van der Waals surface area contributed by atoms with Gasteiger partial charge in [0.25, 0.3) is 0 Å². The van der Waals surface area contributed by atoms with Gasteiger partial charge < -0.3 is 19.7 Å². The Kier molecular flexibility index (Phi) is 8.96. The SMILES string of the molecule is CC(C)NC(=O)C1CCN(C(=O)CCCCCNS(=O)(=O)c2ccc3c(c2)OCCO3)CC1. The first-order valence-electron chi connectivity index (χ1n) is 11.7. The Hall–Kier alpha value is -2.33. The molecule has 2 heterocycles. The van der Waals surface area contributed by atoms with E-state index in [0.717, 1.165) is 6.42 Å². The number of nitrogens with one attached hydrogen (secondary N) is 2. The van der Waals surface area contributed by atoms with E-state index in [4.69, 9.17) is 9.47 Å². The number of benzene rings is 1. The number of carbonyl (C=O) groups excluding carboxylic acids is 2. The molecule has 1 aromatic carbocycles. The summed E-state index contributed by atoms with van der Waals surface area (Å²) in [4.78, 5) is 26.5. The number of ether oxygens (including phenoxy) is 2. The minimum absolute atomic E-state index is 0.0151. The van der Waals surface area contributed by atoms with Crippen molar-refractivity contribution in [3.05, 3.63) is 18.2 Å². The Morgan fingerprint density at radius 2 is 1.76 bits per heavy atom. The summed E-state index contributed by atoms with van der Waals surface area (Å²) in [5.41, 5.74) is 0. The van der Waals surface area contributed by atoms with Crippen molar-refractivity contribution in [3.63, 3.8) is 0 Å². The molecule has 2 amide bonds. The molecular formula is C23H35N3O6S. The Morgan fingerprint density at radius 1 is 1.06 bits per heavy atom. The van der Waals surface area contributed by atoms with E-state index in [0.29, 0.717) is 76.5 Å². The fourth-order valence-corrected chi connectivity index (χ4v) is 5.10. The summed E-state index contributed by atoms with van der Waals surface area (Å²) in [6, 6.07) is 4.71. The van der Waals surface area contributed by atoms with E-state index in [9.17, 15) is 18.0 Å². The quantitative estimate of drug-likeness (QED) is 0.495. The molecule has 2 aliphatic rings. The van der Waals surface area contributed by atoms with Crippen LogP contribution in [0.15, 0.2) is 23.1 Å². The topological polar surface area (TPSA) is 114 Å². The summed E-state index contributed by atoms with van der Waals surface area (Å²) >= 11 is 0. The molecule has 0 bridgehead atoms. The molecule has 0 radical (unpaired) electrons. The summed E-state index contributed by atoms with van der Waals surface area (Å²) in [6.07, 6.45) is 3.95. The van der Waals surface area contributed by atoms with Crippen LogP contribution < -0.4 is 19.5 Å². The maximum absolute atomic E-state index is 12.5. The number of unbranched alkanes of at least 4 members (excludes halogenated alkanes) is 2. The summed E-state index contributed by atoms with van der Waals surface area (Å²) < 4.78 is 38.5. The number of likely N-dealkylation sites (tertiary alicyclic amines) is 1. The number of fused-ring (bicyclic) bond motifs is 1. The van der Waals surface area contributed by atoms with Crippen molar-refractivity contribution in [1.82, 2.24) is 14.9 Å². The number of sulfonamides is 1. The summed E-state index contributed by atoms with van der Waals surface area (Å²) in [5.74, 6) is 1.16. The number of hydrogen-bond acceptors (Lipinski definition) is 6. The first-order valence-corrected chi connectivity index (χ1v) is 13.2. The zero-order valence-electron chi connectivity index (χ0n) is 19.5. The highest BCUT2D eigenvalue weighted by atomic mass is 32.2. The van der Waals surface area contributed by atoms with E-state index in [1.54, 1.807) is 6.07 Å². The van der Waals surface area contributed by atoms with Gasteiger partial charge in [-0.05, 0) is 51.7 Å². The molecule has 9 nitrogen and oxygen atoms in total. The highest BCUT2D eigenvalue weighted by Crippen LogP contribution is 2.32. The lowest BCUT2D eigenvalue weighted by molar-refractivity contribution is -0.135. The van der Waals surface area contributed by atoms with Crippen LogP contribution in [0.4, 0.5) is 0 Å². The van der Waals surface area contributed by atoms with Crippen LogP contribution in [-0.4, -0.2) is 64.0 Å². The lowest BCUT2D eigenvalue weighted by Crippen LogP contribution is -2.44. The second kappa shape index (κ2) is 11.7. The maximum atomic E-state index is 12.5. The van der Waals surface area contributed by atoms with Gasteiger partial charge in [-0.25, -0.2) is 13.1 Å². The zero-order valence-corrected chi connectivity index (χ0v) is 20.3. The summed E-state index contributed by atoms with van der Waals surface area (Å²) in [5, 5.41) is 2.94. The molecule has 0 aromatic heterocycles. The predicted molar refractivity (Wildman–Crippen MR) is 124 cm³/mol. The zero-order chi connectivity index (χ0) is 23.8. The molecule has 3 rings (SSSR count). The Balaban J connectivity index is 1.31. The van der Waals surface area contributed by atoms with Crippen LogP contribution in [0.2, 0.25) is 0 Å². The van der Waals surface area contributed by atoms with Crippen molar-refractivity contribution < 1.29 is 27.5 Å². The van der Waals surface area contributed by atoms with E-state index >= 15 is 0 Å².